The molecule has 5 nitrogen and oxygen atoms in total. The second-order valence-electron chi connectivity index (χ2n) is 4.96. The molecule has 0 radical (unpaired) electrons. The van der Waals surface area contributed by atoms with Gasteiger partial charge >= 0.3 is 0 Å². The predicted octanol–water partition coefficient (Wildman–Crippen LogP) is 1.17. The van der Waals surface area contributed by atoms with Crippen molar-refractivity contribution >= 4 is 11.6 Å². The van der Waals surface area contributed by atoms with Crippen molar-refractivity contribution < 1.29 is 14.3 Å². The number of fused-ring (bicyclic) bond motifs is 1. The van der Waals surface area contributed by atoms with Gasteiger partial charge in [-0.3, -0.25) is 4.79 Å². The molecule has 1 aromatic rings. The fourth-order valence-electron chi connectivity index (χ4n) is 2.26. The average molecular weight is 278 g/mol. The Balaban J connectivity index is 2.06. The molecule has 0 aliphatic carbocycles. The summed E-state index contributed by atoms with van der Waals surface area (Å²) in [5.41, 5.74) is 2.12. The summed E-state index contributed by atoms with van der Waals surface area (Å²) in [6.07, 6.45) is 0. The number of nitrogens with one attached hydrogen (secondary N) is 1. The number of hydrogen-bond donors (Lipinski definition) is 1. The molecule has 0 bridgehead atoms. The number of hydrogen-bond acceptors (Lipinski definition) is 4. The average Bonchev–Trinajstić information content (AvgIpc) is 2.63. The molecule has 1 atom stereocenters. The van der Waals surface area contributed by atoms with Crippen LogP contribution in [-0.4, -0.2) is 45.4 Å². The second kappa shape index (κ2) is 7.38. The van der Waals surface area contributed by atoms with Gasteiger partial charge in [0.1, 0.15) is 6.61 Å². The van der Waals surface area contributed by atoms with Crippen LogP contribution < -0.4 is 10.2 Å². The number of methoxy groups -OCH3 is 1. The van der Waals surface area contributed by atoms with Gasteiger partial charge in [-0.15, -0.1) is 0 Å². The van der Waals surface area contributed by atoms with E-state index in [2.05, 4.69) is 12.2 Å². The molecule has 0 saturated carbocycles. The van der Waals surface area contributed by atoms with Gasteiger partial charge in [0, 0.05) is 31.9 Å². The maximum absolute atomic E-state index is 12.4. The Morgan fingerprint density at radius 2 is 2.20 bits per heavy atom. The molecule has 1 N–H and O–H groups in total. The van der Waals surface area contributed by atoms with Gasteiger partial charge < -0.3 is 19.7 Å². The molecule has 0 spiro atoms. The van der Waals surface area contributed by atoms with Crippen molar-refractivity contribution in [3.63, 3.8) is 0 Å². The fourth-order valence-corrected chi connectivity index (χ4v) is 2.26. The Morgan fingerprint density at radius 1 is 1.40 bits per heavy atom. The Bertz CT molecular complexity index is 450. The number of amides is 1. The summed E-state index contributed by atoms with van der Waals surface area (Å²) in [7, 11) is 1.61. The van der Waals surface area contributed by atoms with Gasteiger partial charge in [0.25, 0.3) is 5.91 Å². The van der Waals surface area contributed by atoms with E-state index in [0.717, 1.165) is 17.8 Å². The molecule has 20 heavy (non-hydrogen) atoms. The topological polar surface area (TPSA) is 50.8 Å². The molecular formula is C15H22N2O3. The summed E-state index contributed by atoms with van der Waals surface area (Å²) in [5.74, 6) is -0.0101. The minimum Gasteiger partial charge on any atom is -0.382 e. The molecule has 0 aromatic heterocycles. The first-order valence-corrected chi connectivity index (χ1v) is 6.90. The first-order valence-electron chi connectivity index (χ1n) is 6.90. The van der Waals surface area contributed by atoms with Crippen LogP contribution in [-0.2, 0) is 20.8 Å². The summed E-state index contributed by atoms with van der Waals surface area (Å²) in [6.45, 7) is 4.55. The SMILES string of the molecule is COCCOCC(=O)N1CC(C)NCc2ccccc21. The first kappa shape index (κ1) is 15.0. The number of ether oxygens (including phenoxy) is 2. The highest BCUT2D eigenvalue weighted by Gasteiger charge is 2.23. The van der Waals surface area contributed by atoms with E-state index >= 15 is 0 Å². The highest BCUT2D eigenvalue weighted by molar-refractivity contribution is 5.95. The Morgan fingerprint density at radius 3 is 3.00 bits per heavy atom. The van der Waals surface area contributed by atoms with Gasteiger partial charge in [0.05, 0.1) is 13.2 Å². The summed E-state index contributed by atoms with van der Waals surface area (Å²) < 4.78 is 10.2. The quantitative estimate of drug-likeness (QED) is 0.822. The van der Waals surface area contributed by atoms with Crippen LogP contribution in [0.15, 0.2) is 24.3 Å². The smallest absolute Gasteiger partial charge is 0.253 e. The molecule has 5 heteroatoms. The highest BCUT2D eigenvalue weighted by atomic mass is 16.5. The lowest BCUT2D eigenvalue weighted by Gasteiger charge is -2.24. The molecule has 1 unspecified atom stereocenters. The van der Waals surface area contributed by atoms with Crippen LogP contribution >= 0.6 is 0 Å². The highest BCUT2D eigenvalue weighted by Crippen LogP contribution is 2.23. The Labute approximate surface area is 119 Å². The first-order chi connectivity index (χ1) is 9.72. The van der Waals surface area contributed by atoms with Crippen molar-refractivity contribution in [3.05, 3.63) is 29.8 Å². The van der Waals surface area contributed by atoms with E-state index in [1.165, 1.54) is 0 Å². The van der Waals surface area contributed by atoms with Crippen LogP contribution in [0.3, 0.4) is 0 Å². The van der Waals surface area contributed by atoms with Crippen LogP contribution in [0.25, 0.3) is 0 Å². The zero-order valence-corrected chi connectivity index (χ0v) is 12.1. The lowest BCUT2D eigenvalue weighted by molar-refractivity contribution is -0.123. The largest absolute Gasteiger partial charge is 0.382 e. The van der Waals surface area contributed by atoms with E-state index in [1.807, 2.05) is 29.2 Å². The van der Waals surface area contributed by atoms with E-state index in [0.29, 0.717) is 19.8 Å². The van der Waals surface area contributed by atoms with E-state index in [-0.39, 0.29) is 18.6 Å². The fraction of sp³-hybridized carbons (Fsp3) is 0.533. The number of rotatable bonds is 5. The molecule has 1 heterocycles. The maximum Gasteiger partial charge on any atom is 0.253 e. The van der Waals surface area contributed by atoms with Crippen molar-refractivity contribution in [2.75, 3.05) is 38.4 Å². The monoisotopic (exact) mass is 278 g/mol. The minimum atomic E-state index is -0.0101. The molecule has 0 fully saturated rings. The molecular weight excluding hydrogens is 256 g/mol. The van der Waals surface area contributed by atoms with Gasteiger partial charge in [-0.05, 0) is 18.6 Å². The zero-order chi connectivity index (χ0) is 14.4. The zero-order valence-electron chi connectivity index (χ0n) is 12.1. The molecule has 1 aliphatic rings. The van der Waals surface area contributed by atoms with Gasteiger partial charge in [-0.25, -0.2) is 0 Å². The molecule has 1 amide bonds. The van der Waals surface area contributed by atoms with Crippen molar-refractivity contribution in [1.82, 2.24) is 5.32 Å². The van der Waals surface area contributed by atoms with Gasteiger partial charge in [-0.1, -0.05) is 18.2 Å². The number of benzene rings is 1. The van der Waals surface area contributed by atoms with E-state index < -0.39 is 0 Å². The molecule has 2 rings (SSSR count). The van der Waals surface area contributed by atoms with Crippen molar-refractivity contribution in [1.29, 1.82) is 0 Å². The van der Waals surface area contributed by atoms with E-state index in [9.17, 15) is 4.79 Å². The van der Waals surface area contributed by atoms with Crippen molar-refractivity contribution in [3.8, 4) is 0 Å². The molecule has 1 aliphatic heterocycles. The van der Waals surface area contributed by atoms with Crippen molar-refractivity contribution in [2.45, 2.75) is 19.5 Å². The normalized spacial score (nSPS) is 18.5. The van der Waals surface area contributed by atoms with Crippen LogP contribution in [0.4, 0.5) is 5.69 Å². The number of carbonyl (C=O) groups is 1. The van der Waals surface area contributed by atoms with Crippen LogP contribution in [0.1, 0.15) is 12.5 Å². The van der Waals surface area contributed by atoms with Gasteiger partial charge in [0.2, 0.25) is 0 Å². The second-order valence-corrected chi connectivity index (χ2v) is 4.96. The Hall–Kier alpha value is -1.43. The lowest BCUT2D eigenvalue weighted by Crippen LogP contribution is -2.41. The predicted molar refractivity (Wildman–Crippen MR) is 77.8 cm³/mol. The summed E-state index contributed by atoms with van der Waals surface area (Å²) in [4.78, 5) is 14.2. The molecule has 1 aromatic carbocycles. The lowest BCUT2D eigenvalue weighted by atomic mass is 10.1. The number of carbonyl (C=O) groups excluding carboxylic acids is 1. The number of para-hydroxylation sites is 1. The minimum absolute atomic E-state index is 0.0101. The summed E-state index contributed by atoms with van der Waals surface area (Å²) >= 11 is 0. The van der Waals surface area contributed by atoms with Gasteiger partial charge in [0.15, 0.2) is 0 Å². The van der Waals surface area contributed by atoms with E-state index in [4.69, 9.17) is 9.47 Å². The third kappa shape index (κ3) is 3.79. The van der Waals surface area contributed by atoms with Crippen LogP contribution in [0.5, 0.6) is 0 Å². The summed E-state index contributed by atoms with van der Waals surface area (Å²) in [5, 5.41) is 3.41. The summed E-state index contributed by atoms with van der Waals surface area (Å²) in [6, 6.07) is 8.24. The number of nitrogens with zero attached hydrogens (tertiary/aromatic N) is 1. The third-order valence-corrected chi connectivity index (χ3v) is 3.34. The number of anilines is 1. The molecule has 0 saturated heterocycles. The van der Waals surface area contributed by atoms with Crippen LogP contribution in [0.2, 0.25) is 0 Å². The van der Waals surface area contributed by atoms with Crippen LogP contribution in [0, 0.1) is 0 Å². The third-order valence-electron chi connectivity index (χ3n) is 3.34. The van der Waals surface area contributed by atoms with Gasteiger partial charge in [-0.2, -0.15) is 0 Å². The maximum atomic E-state index is 12.4. The Kier molecular flexibility index (Phi) is 5.52. The van der Waals surface area contributed by atoms with Crippen molar-refractivity contribution in [2.24, 2.45) is 0 Å². The molecule has 110 valence electrons. The standard InChI is InChI=1S/C15H22N2O3/c1-12-10-17(15(18)11-20-8-7-19-2)14-6-4-3-5-13(14)9-16-12/h3-6,12,16H,7-11H2,1-2H3. The van der Waals surface area contributed by atoms with E-state index in [1.54, 1.807) is 7.11 Å².